The molecular weight excluding hydrogens is 484 g/mol. The Morgan fingerprint density at radius 2 is 1.97 bits per heavy atom. The molecule has 1 aliphatic rings. The van der Waals surface area contributed by atoms with E-state index in [1.165, 1.54) is 0 Å². The van der Waals surface area contributed by atoms with Gasteiger partial charge in [-0.3, -0.25) is 14.9 Å². The SMILES string of the molecule is Cc1cc(-c2nc3ccc(CNC(C(=O)OC(C)(C)C)C(C)O)cc3n2CC2CCOCC2)cn(C)c1=O. The third-order valence-corrected chi connectivity index (χ3v) is 6.88. The minimum Gasteiger partial charge on any atom is -0.459 e. The van der Waals surface area contributed by atoms with Gasteiger partial charge in [-0.25, -0.2) is 4.98 Å². The number of benzene rings is 1. The van der Waals surface area contributed by atoms with Crippen molar-refractivity contribution >= 4 is 17.0 Å². The van der Waals surface area contributed by atoms with Gasteiger partial charge in [-0.2, -0.15) is 0 Å². The van der Waals surface area contributed by atoms with Crippen molar-refractivity contribution in [3.63, 3.8) is 0 Å². The lowest BCUT2D eigenvalue weighted by Crippen LogP contribution is -2.47. The first kappa shape index (κ1) is 28.0. The molecule has 1 aromatic carbocycles. The second kappa shape index (κ2) is 11.4. The van der Waals surface area contributed by atoms with Crippen molar-refractivity contribution in [1.82, 2.24) is 19.4 Å². The van der Waals surface area contributed by atoms with E-state index in [9.17, 15) is 14.7 Å². The number of hydrogen-bond donors (Lipinski definition) is 2. The molecule has 4 rings (SSSR count). The molecule has 9 nitrogen and oxygen atoms in total. The number of pyridine rings is 1. The standard InChI is InChI=1S/C29H40N4O5/c1-18-13-22(17-32(6)27(18)35)26-31-23-8-7-21(14-24(23)33(26)16-20-9-11-37-12-10-20)15-30-25(19(2)34)28(36)38-29(3,4)5/h7-8,13-14,17,19-20,25,30,34H,9-12,15-16H2,1-6H3. The van der Waals surface area contributed by atoms with E-state index in [0.717, 1.165) is 60.6 Å². The van der Waals surface area contributed by atoms with Crippen LogP contribution in [0.1, 0.15) is 51.7 Å². The van der Waals surface area contributed by atoms with Crippen LogP contribution in [-0.2, 0) is 34.4 Å². The molecule has 3 heterocycles. The highest BCUT2D eigenvalue weighted by Crippen LogP contribution is 2.29. The monoisotopic (exact) mass is 524 g/mol. The third-order valence-electron chi connectivity index (χ3n) is 6.88. The maximum Gasteiger partial charge on any atom is 0.326 e. The molecular formula is C29H40N4O5. The first-order valence-corrected chi connectivity index (χ1v) is 13.3. The number of aliphatic hydroxyl groups is 1. The Morgan fingerprint density at radius 1 is 1.26 bits per heavy atom. The summed E-state index contributed by atoms with van der Waals surface area (Å²) in [6, 6.07) is 7.10. The summed E-state index contributed by atoms with van der Waals surface area (Å²) < 4.78 is 14.9. The number of nitrogens with zero attached hydrogens (tertiary/aromatic N) is 3. The van der Waals surface area contributed by atoms with E-state index in [1.54, 1.807) is 39.3 Å². The van der Waals surface area contributed by atoms with E-state index in [-0.39, 0.29) is 5.56 Å². The van der Waals surface area contributed by atoms with Gasteiger partial charge in [0.05, 0.1) is 17.1 Å². The van der Waals surface area contributed by atoms with Crippen LogP contribution in [0.2, 0.25) is 0 Å². The lowest BCUT2D eigenvalue weighted by Gasteiger charge is -2.26. The second-order valence-electron chi connectivity index (χ2n) is 11.4. The van der Waals surface area contributed by atoms with Crippen molar-refractivity contribution in [2.75, 3.05) is 13.2 Å². The van der Waals surface area contributed by atoms with Crippen LogP contribution in [0.3, 0.4) is 0 Å². The topological polar surface area (TPSA) is 108 Å². The number of carbonyl (C=O) groups excluding carboxylic acids is 1. The second-order valence-corrected chi connectivity index (χ2v) is 11.4. The van der Waals surface area contributed by atoms with Gasteiger partial charge in [0.15, 0.2) is 0 Å². The van der Waals surface area contributed by atoms with Crippen molar-refractivity contribution < 1.29 is 19.4 Å². The number of aryl methyl sites for hydroxylation is 2. The van der Waals surface area contributed by atoms with E-state index in [4.69, 9.17) is 14.5 Å². The summed E-state index contributed by atoms with van der Waals surface area (Å²) in [6.45, 7) is 11.5. The Hall–Kier alpha value is -3.01. The quantitative estimate of drug-likeness (QED) is 0.435. The minimum atomic E-state index is -0.910. The summed E-state index contributed by atoms with van der Waals surface area (Å²) in [5.74, 6) is 0.804. The molecule has 0 saturated carbocycles. The average Bonchev–Trinajstić information content (AvgIpc) is 3.19. The van der Waals surface area contributed by atoms with Gasteiger partial charge in [0.25, 0.3) is 5.56 Å². The van der Waals surface area contributed by atoms with Crippen molar-refractivity contribution in [3.05, 3.63) is 51.9 Å². The molecule has 0 bridgehead atoms. The van der Waals surface area contributed by atoms with Crippen LogP contribution >= 0.6 is 0 Å². The number of rotatable bonds is 8. The van der Waals surface area contributed by atoms with E-state index >= 15 is 0 Å². The highest BCUT2D eigenvalue weighted by atomic mass is 16.6. The Balaban J connectivity index is 1.68. The number of aliphatic hydroxyl groups excluding tert-OH is 1. The van der Waals surface area contributed by atoms with Gasteiger partial charge in [0, 0.05) is 50.7 Å². The fraction of sp³-hybridized carbons (Fsp3) is 0.552. The summed E-state index contributed by atoms with van der Waals surface area (Å²) in [7, 11) is 1.76. The maximum atomic E-state index is 12.7. The summed E-state index contributed by atoms with van der Waals surface area (Å²) in [6.07, 6.45) is 2.90. The van der Waals surface area contributed by atoms with Crippen molar-refractivity contribution in [2.24, 2.45) is 13.0 Å². The molecule has 0 spiro atoms. The number of aromatic nitrogens is 3. The van der Waals surface area contributed by atoms with Crippen LogP contribution in [0.25, 0.3) is 22.4 Å². The zero-order valence-electron chi connectivity index (χ0n) is 23.3. The van der Waals surface area contributed by atoms with Gasteiger partial charge in [-0.1, -0.05) is 6.07 Å². The molecule has 38 heavy (non-hydrogen) atoms. The van der Waals surface area contributed by atoms with Crippen LogP contribution in [-0.4, -0.2) is 56.2 Å². The molecule has 2 aromatic heterocycles. The Kier molecular flexibility index (Phi) is 8.40. The molecule has 3 aromatic rings. The van der Waals surface area contributed by atoms with Crippen LogP contribution in [0.5, 0.6) is 0 Å². The highest BCUT2D eigenvalue weighted by molar-refractivity contribution is 5.81. The lowest BCUT2D eigenvalue weighted by atomic mass is 10.00. The molecule has 1 fully saturated rings. The zero-order valence-corrected chi connectivity index (χ0v) is 23.3. The molecule has 2 N–H and O–H groups in total. The first-order valence-electron chi connectivity index (χ1n) is 13.3. The predicted octanol–water partition coefficient (Wildman–Crippen LogP) is 3.32. The van der Waals surface area contributed by atoms with Gasteiger partial charge in [0.1, 0.15) is 17.5 Å². The number of imidazole rings is 1. The molecule has 1 aliphatic heterocycles. The van der Waals surface area contributed by atoms with Gasteiger partial charge in [-0.15, -0.1) is 0 Å². The van der Waals surface area contributed by atoms with Gasteiger partial charge in [0.2, 0.25) is 0 Å². The Bertz CT molecular complexity index is 1320. The first-order chi connectivity index (χ1) is 17.9. The zero-order chi connectivity index (χ0) is 27.6. The van der Waals surface area contributed by atoms with E-state index in [2.05, 4.69) is 16.0 Å². The van der Waals surface area contributed by atoms with E-state index < -0.39 is 23.7 Å². The van der Waals surface area contributed by atoms with Crippen molar-refractivity contribution in [3.8, 4) is 11.4 Å². The predicted molar refractivity (Wildman–Crippen MR) is 147 cm³/mol. The van der Waals surface area contributed by atoms with Gasteiger partial charge < -0.3 is 23.7 Å². The molecule has 2 atom stereocenters. The van der Waals surface area contributed by atoms with Crippen molar-refractivity contribution in [1.29, 1.82) is 0 Å². The molecule has 1 saturated heterocycles. The fourth-order valence-electron chi connectivity index (χ4n) is 4.91. The lowest BCUT2D eigenvalue weighted by molar-refractivity contribution is -0.160. The van der Waals surface area contributed by atoms with Crippen LogP contribution in [0, 0.1) is 12.8 Å². The summed E-state index contributed by atoms with van der Waals surface area (Å²) in [4.78, 5) is 30.0. The number of fused-ring (bicyclic) bond motifs is 1. The molecule has 0 radical (unpaired) electrons. The highest BCUT2D eigenvalue weighted by Gasteiger charge is 2.28. The smallest absolute Gasteiger partial charge is 0.326 e. The van der Waals surface area contributed by atoms with E-state index in [0.29, 0.717) is 18.0 Å². The molecule has 9 heteroatoms. The number of nitrogens with one attached hydrogen (secondary N) is 1. The summed E-state index contributed by atoms with van der Waals surface area (Å²) >= 11 is 0. The minimum absolute atomic E-state index is 0.0214. The molecule has 0 aliphatic carbocycles. The Labute approximate surface area is 223 Å². The molecule has 0 amide bonds. The van der Waals surface area contributed by atoms with Gasteiger partial charge in [-0.05, 0) is 77.1 Å². The largest absolute Gasteiger partial charge is 0.459 e. The Morgan fingerprint density at radius 3 is 2.61 bits per heavy atom. The summed E-state index contributed by atoms with van der Waals surface area (Å²) in [5, 5.41) is 13.4. The van der Waals surface area contributed by atoms with Crippen LogP contribution < -0.4 is 10.9 Å². The number of carbonyl (C=O) groups is 1. The molecule has 206 valence electrons. The van der Waals surface area contributed by atoms with Crippen molar-refractivity contribution in [2.45, 2.75) is 78.3 Å². The van der Waals surface area contributed by atoms with Crippen LogP contribution in [0.4, 0.5) is 0 Å². The van der Waals surface area contributed by atoms with Crippen LogP contribution in [0.15, 0.2) is 35.3 Å². The van der Waals surface area contributed by atoms with Gasteiger partial charge >= 0.3 is 5.97 Å². The average molecular weight is 525 g/mol. The number of hydrogen-bond acceptors (Lipinski definition) is 7. The molecule has 2 unspecified atom stereocenters. The number of ether oxygens (including phenoxy) is 2. The summed E-state index contributed by atoms with van der Waals surface area (Å²) in [5.41, 5.74) is 3.72. The maximum absolute atomic E-state index is 12.7. The third kappa shape index (κ3) is 6.51. The number of esters is 1. The fourth-order valence-corrected chi connectivity index (χ4v) is 4.91. The normalized spacial score (nSPS) is 16.5. The van der Waals surface area contributed by atoms with E-state index in [1.807, 2.05) is 31.3 Å².